The summed E-state index contributed by atoms with van der Waals surface area (Å²) < 4.78 is 39.3. The molecule has 3 atom stereocenters. The van der Waals surface area contributed by atoms with Crippen LogP contribution in [-0.4, -0.2) is 35.9 Å². The Hall–Kier alpha value is -1.29. The van der Waals surface area contributed by atoms with Crippen LogP contribution in [0, 0.1) is 0 Å². The summed E-state index contributed by atoms with van der Waals surface area (Å²) in [6.45, 7) is 1.81. The van der Waals surface area contributed by atoms with E-state index in [-0.39, 0.29) is 31.0 Å². The molecule has 6 N–H and O–H groups in total. The average Bonchev–Trinajstić information content (AvgIpc) is 2.90. The van der Waals surface area contributed by atoms with Gasteiger partial charge in [0.05, 0.1) is 0 Å². The van der Waals surface area contributed by atoms with Crippen molar-refractivity contribution >= 4 is 11.3 Å². The summed E-state index contributed by atoms with van der Waals surface area (Å²) >= 11 is 0.783. The van der Waals surface area contributed by atoms with Crippen molar-refractivity contribution in [1.82, 2.24) is 10.3 Å². The molecule has 1 aromatic rings. The predicted octanol–water partition coefficient (Wildman–Crippen LogP) is 2.13. The number of hydrazine groups is 1. The van der Waals surface area contributed by atoms with E-state index >= 15 is 0 Å². The predicted molar refractivity (Wildman–Crippen MR) is 92.7 cm³/mol. The third-order valence-electron chi connectivity index (χ3n) is 4.27. The summed E-state index contributed by atoms with van der Waals surface area (Å²) in [6.07, 6.45) is -1.22. The van der Waals surface area contributed by atoms with E-state index in [0.717, 1.165) is 17.8 Å². The van der Waals surface area contributed by atoms with Gasteiger partial charge in [0.25, 0.3) is 0 Å². The maximum atomic E-state index is 13.1. The number of hydrogen-bond donors (Lipinski definition) is 4. The van der Waals surface area contributed by atoms with Crippen LogP contribution in [0.4, 0.5) is 13.2 Å². The smallest absolute Gasteiger partial charge is 0.400 e. The number of piperidine rings is 1. The van der Waals surface area contributed by atoms with Crippen LogP contribution in [0.3, 0.4) is 0 Å². The summed E-state index contributed by atoms with van der Waals surface area (Å²) in [5, 5.41) is 13.9. The van der Waals surface area contributed by atoms with Crippen LogP contribution in [0.2, 0.25) is 0 Å². The zero-order chi connectivity index (χ0) is 18.8. The molecule has 1 aromatic heterocycles. The first-order valence-electron chi connectivity index (χ1n) is 8.13. The lowest BCUT2D eigenvalue weighted by molar-refractivity contribution is -0.134. The molecule has 1 fully saturated rings. The standard InChI is InChI=1S/C16H25F3N4OS/c1-9-5-11(6-13(22-9)12(20)8-23(2)21)15-10(3-4-24)7-14(25-15)16(17,18)19/h7-9,11,13,22,24H,3-6,20-21H2,1-2H3/b12-8-. The van der Waals surface area contributed by atoms with Crippen LogP contribution in [-0.2, 0) is 12.6 Å². The lowest BCUT2D eigenvalue weighted by atomic mass is 9.84. The molecule has 25 heavy (non-hydrogen) atoms. The molecular formula is C16H25F3N4OS. The highest BCUT2D eigenvalue weighted by molar-refractivity contribution is 7.12. The van der Waals surface area contributed by atoms with E-state index in [1.165, 1.54) is 11.1 Å². The van der Waals surface area contributed by atoms with Gasteiger partial charge < -0.3 is 21.2 Å². The second kappa shape index (κ2) is 7.94. The molecule has 142 valence electrons. The van der Waals surface area contributed by atoms with Gasteiger partial charge in [-0.3, -0.25) is 0 Å². The molecule has 3 unspecified atom stereocenters. The number of nitrogens with two attached hydrogens (primary N) is 2. The number of aliphatic hydroxyl groups is 1. The van der Waals surface area contributed by atoms with Gasteiger partial charge in [-0.15, -0.1) is 11.3 Å². The first kappa shape index (κ1) is 20.0. The van der Waals surface area contributed by atoms with Crippen LogP contribution in [0.5, 0.6) is 0 Å². The topological polar surface area (TPSA) is 87.5 Å². The number of rotatable bonds is 5. The maximum absolute atomic E-state index is 13.1. The van der Waals surface area contributed by atoms with Crippen LogP contribution in [0.25, 0.3) is 0 Å². The molecule has 2 heterocycles. The summed E-state index contributed by atoms with van der Waals surface area (Å²) in [5.41, 5.74) is 7.22. The van der Waals surface area contributed by atoms with E-state index in [0.29, 0.717) is 22.6 Å². The van der Waals surface area contributed by atoms with Crippen LogP contribution in [0.15, 0.2) is 18.0 Å². The Kier molecular flexibility index (Phi) is 6.36. The number of halogens is 3. The second-order valence-electron chi connectivity index (χ2n) is 6.55. The average molecular weight is 378 g/mol. The number of nitrogens with one attached hydrogen (secondary N) is 1. The van der Waals surface area contributed by atoms with Crippen molar-refractivity contribution in [2.24, 2.45) is 11.6 Å². The zero-order valence-corrected chi connectivity index (χ0v) is 15.1. The molecule has 1 aliphatic heterocycles. The Morgan fingerprint density at radius 2 is 2.16 bits per heavy atom. The number of alkyl halides is 3. The van der Waals surface area contributed by atoms with Crippen molar-refractivity contribution in [2.45, 2.75) is 50.4 Å². The Morgan fingerprint density at radius 3 is 2.72 bits per heavy atom. The molecule has 0 amide bonds. The molecule has 9 heteroatoms. The molecule has 2 rings (SSSR count). The van der Waals surface area contributed by atoms with Crippen molar-refractivity contribution in [2.75, 3.05) is 13.7 Å². The number of nitrogens with zero attached hydrogens (tertiary/aromatic N) is 1. The fraction of sp³-hybridized carbons (Fsp3) is 0.625. The van der Waals surface area contributed by atoms with Gasteiger partial charge in [-0.25, -0.2) is 5.84 Å². The van der Waals surface area contributed by atoms with Gasteiger partial charge in [-0.1, -0.05) is 0 Å². The van der Waals surface area contributed by atoms with E-state index in [4.69, 9.17) is 11.6 Å². The minimum Gasteiger partial charge on any atom is -0.400 e. The SMILES string of the molecule is CC1CC(c2sc(C(F)(F)F)cc2CCO)CC(/C(N)=C/N(C)N)N1. The van der Waals surface area contributed by atoms with Crippen molar-refractivity contribution in [3.05, 3.63) is 33.3 Å². The highest BCUT2D eigenvalue weighted by Gasteiger charge is 2.37. The summed E-state index contributed by atoms with van der Waals surface area (Å²) in [6, 6.07) is 1.13. The second-order valence-corrected chi connectivity index (χ2v) is 7.64. The number of hydrogen-bond acceptors (Lipinski definition) is 6. The van der Waals surface area contributed by atoms with Gasteiger partial charge in [-0.05, 0) is 43.7 Å². The third kappa shape index (κ3) is 5.10. The summed E-state index contributed by atoms with van der Waals surface area (Å²) in [5.74, 6) is 5.55. The Bertz CT molecular complexity index is 615. The van der Waals surface area contributed by atoms with E-state index in [9.17, 15) is 18.3 Å². The van der Waals surface area contributed by atoms with Crippen molar-refractivity contribution in [3.63, 3.8) is 0 Å². The molecule has 0 radical (unpaired) electrons. The quantitative estimate of drug-likeness (QED) is 0.466. The van der Waals surface area contributed by atoms with Gasteiger partial charge in [0.15, 0.2) is 0 Å². The normalized spacial score (nSPS) is 25.2. The number of thiophene rings is 1. The molecule has 1 saturated heterocycles. The monoisotopic (exact) mass is 378 g/mol. The van der Waals surface area contributed by atoms with Crippen molar-refractivity contribution in [1.29, 1.82) is 0 Å². The van der Waals surface area contributed by atoms with Crippen LogP contribution < -0.4 is 16.9 Å². The van der Waals surface area contributed by atoms with Gasteiger partial charge in [0, 0.05) is 42.5 Å². The Morgan fingerprint density at radius 1 is 1.48 bits per heavy atom. The Labute approximate surface area is 149 Å². The fourth-order valence-electron chi connectivity index (χ4n) is 3.30. The molecule has 0 aromatic carbocycles. The van der Waals surface area contributed by atoms with Gasteiger partial charge >= 0.3 is 6.18 Å². The maximum Gasteiger partial charge on any atom is 0.425 e. The first-order chi connectivity index (χ1) is 11.6. The molecule has 0 bridgehead atoms. The van der Waals surface area contributed by atoms with E-state index in [2.05, 4.69) is 5.32 Å². The molecule has 0 spiro atoms. The van der Waals surface area contributed by atoms with E-state index < -0.39 is 11.1 Å². The summed E-state index contributed by atoms with van der Waals surface area (Å²) in [7, 11) is 1.66. The van der Waals surface area contributed by atoms with Gasteiger partial charge in [-0.2, -0.15) is 13.2 Å². The molecule has 5 nitrogen and oxygen atoms in total. The largest absolute Gasteiger partial charge is 0.425 e. The third-order valence-corrected chi connectivity index (χ3v) is 5.66. The highest BCUT2D eigenvalue weighted by Crippen LogP contribution is 2.43. The van der Waals surface area contributed by atoms with E-state index in [1.54, 1.807) is 13.2 Å². The van der Waals surface area contributed by atoms with Gasteiger partial charge in [0.1, 0.15) is 4.88 Å². The number of aliphatic hydroxyl groups excluding tert-OH is 1. The summed E-state index contributed by atoms with van der Waals surface area (Å²) in [4.78, 5) is 0.0903. The lowest BCUT2D eigenvalue weighted by Crippen LogP contribution is -2.46. The highest BCUT2D eigenvalue weighted by atomic mass is 32.1. The zero-order valence-electron chi connectivity index (χ0n) is 14.3. The molecular weight excluding hydrogens is 353 g/mol. The van der Waals surface area contributed by atoms with Crippen molar-refractivity contribution in [3.8, 4) is 0 Å². The minimum absolute atomic E-state index is 0.0427. The molecule has 0 saturated carbocycles. The Balaban J connectivity index is 2.31. The lowest BCUT2D eigenvalue weighted by Gasteiger charge is -2.35. The van der Waals surface area contributed by atoms with Crippen LogP contribution in [0.1, 0.15) is 41.0 Å². The van der Waals surface area contributed by atoms with Crippen LogP contribution >= 0.6 is 11.3 Å². The molecule has 1 aliphatic rings. The van der Waals surface area contributed by atoms with E-state index in [1.807, 2.05) is 6.92 Å². The molecule has 0 aliphatic carbocycles. The van der Waals surface area contributed by atoms with Crippen molar-refractivity contribution < 1.29 is 18.3 Å². The fourth-order valence-corrected chi connectivity index (χ4v) is 4.51. The van der Waals surface area contributed by atoms with Gasteiger partial charge in [0.2, 0.25) is 0 Å². The minimum atomic E-state index is -4.37. The first-order valence-corrected chi connectivity index (χ1v) is 8.94.